The Morgan fingerprint density at radius 3 is 1.79 bits per heavy atom. The van der Waals surface area contributed by atoms with Crippen molar-refractivity contribution in [3.63, 3.8) is 0 Å². The number of rotatable bonds is 7. The van der Waals surface area contributed by atoms with E-state index in [1.54, 1.807) is 6.92 Å². The number of alkyl halides is 2. The summed E-state index contributed by atoms with van der Waals surface area (Å²) in [6.07, 6.45) is -3.75. The maximum absolute atomic E-state index is 14.8. The summed E-state index contributed by atoms with van der Waals surface area (Å²) in [5.41, 5.74) is -2.36. The second kappa shape index (κ2) is 10.4. The molecule has 198 valence electrons. The highest BCUT2D eigenvalue weighted by atomic mass is 19.3. The van der Waals surface area contributed by atoms with Gasteiger partial charge in [0.1, 0.15) is 22.9 Å². The van der Waals surface area contributed by atoms with E-state index in [4.69, 9.17) is 0 Å². The fourth-order valence-electron chi connectivity index (χ4n) is 3.90. The van der Waals surface area contributed by atoms with Gasteiger partial charge in [0, 0.05) is 17.2 Å². The third kappa shape index (κ3) is 5.20. The maximum atomic E-state index is 14.8. The summed E-state index contributed by atoms with van der Waals surface area (Å²) in [6.45, 7) is 1.71. The van der Waals surface area contributed by atoms with Crippen LogP contribution in [0.2, 0.25) is 0 Å². The molecule has 1 nitrogen and oxygen atoms in total. The van der Waals surface area contributed by atoms with Gasteiger partial charge in [0.25, 0.3) is 0 Å². The largest absolute Gasteiger partial charge is 0.429 e. The molecule has 0 atom stereocenters. The molecule has 0 radical (unpaired) electrons. The molecule has 0 bridgehead atoms. The molecule has 0 aliphatic rings. The van der Waals surface area contributed by atoms with Gasteiger partial charge < -0.3 is 4.74 Å². The number of hydrogen-bond donors (Lipinski definition) is 0. The van der Waals surface area contributed by atoms with Gasteiger partial charge in [0.05, 0.1) is 0 Å². The quantitative estimate of drug-likeness (QED) is 0.168. The van der Waals surface area contributed by atoms with E-state index in [0.29, 0.717) is 30.7 Å². The van der Waals surface area contributed by atoms with Crippen molar-refractivity contribution < 1.29 is 44.3 Å². The van der Waals surface area contributed by atoms with Crippen LogP contribution in [0.3, 0.4) is 0 Å². The van der Waals surface area contributed by atoms with Crippen LogP contribution in [-0.2, 0) is 12.5 Å². The van der Waals surface area contributed by atoms with Gasteiger partial charge in [-0.3, -0.25) is 0 Å². The number of hydrogen-bond acceptors (Lipinski definition) is 1. The zero-order valence-electron chi connectivity index (χ0n) is 19.5. The summed E-state index contributed by atoms with van der Waals surface area (Å²) in [7, 11) is 0. The lowest BCUT2D eigenvalue weighted by Crippen LogP contribution is -2.24. The van der Waals surface area contributed by atoms with Crippen LogP contribution in [0, 0.1) is 40.7 Å². The zero-order valence-corrected chi connectivity index (χ0v) is 19.5. The molecular formula is C28H17F9O. The van der Waals surface area contributed by atoms with E-state index in [1.807, 2.05) is 0 Å². The maximum Gasteiger partial charge on any atom is 0.429 e. The van der Waals surface area contributed by atoms with Gasteiger partial charge >= 0.3 is 6.11 Å². The van der Waals surface area contributed by atoms with E-state index in [2.05, 4.69) is 4.74 Å². The van der Waals surface area contributed by atoms with Crippen molar-refractivity contribution in [2.75, 3.05) is 0 Å². The number of ether oxygens (including phenoxy) is 1. The third-order valence-electron chi connectivity index (χ3n) is 5.76. The lowest BCUT2D eigenvalue weighted by molar-refractivity contribution is -0.187. The van der Waals surface area contributed by atoms with Crippen molar-refractivity contribution >= 4 is 0 Å². The normalized spacial score (nSPS) is 11.6. The van der Waals surface area contributed by atoms with Crippen LogP contribution in [-0.4, -0.2) is 0 Å². The number of benzene rings is 4. The Hall–Kier alpha value is -3.95. The third-order valence-corrected chi connectivity index (χ3v) is 5.76. The molecule has 4 rings (SSSR count). The standard InChI is InChI=1S/C28H17F9O/c1-2-3-14-5-9-20(26(34)25(14)33)28(36,37)38-17-6-8-18(22(30)13-17)15-4-7-19(21(29)10-15)16-11-23(31)27(35)24(32)12-16/h4-13H,2-3H2,1H3. The molecule has 0 fully saturated rings. The molecule has 0 unspecified atom stereocenters. The molecule has 0 aliphatic heterocycles. The van der Waals surface area contributed by atoms with Crippen LogP contribution >= 0.6 is 0 Å². The second-order valence-electron chi connectivity index (χ2n) is 8.36. The highest BCUT2D eigenvalue weighted by Crippen LogP contribution is 2.37. The molecule has 0 heterocycles. The van der Waals surface area contributed by atoms with E-state index >= 15 is 0 Å². The first-order valence-electron chi connectivity index (χ1n) is 11.2. The summed E-state index contributed by atoms with van der Waals surface area (Å²) >= 11 is 0. The van der Waals surface area contributed by atoms with E-state index < -0.39 is 58.1 Å². The first-order chi connectivity index (χ1) is 17.9. The first kappa shape index (κ1) is 27.1. The predicted octanol–water partition coefficient (Wildman–Crippen LogP) is 9.08. The smallest absolute Gasteiger partial charge is 0.429 e. The van der Waals surface area contributed by atoms with Crippen LogP contribution < -0.4 is 4.74 Å². The molecule has 0 saturated carbocycles. The minimum atomic E-state index is -4.35. The lowest BCUT2D eigenvalue weighted by atomic mass is 9.99. The van der Waals surface area contributed by atoms with E-state index in [9.17, 15) is 39.5 Å². The van der Waals surface area contributed by atoms with Gasteiger partial charge in [-0.25, -0.2) is 30.7 Å². The Morgan fingerprint density at radius 1 is 0.605 bits per heavy atom. The molecule has 38 heavy (non-hydrogen) atoms. The van der Waals surface area contributed by atoms with Crippen molar-refractivity contribution in [1.29, 1.82) is 0 Å². The average molecular weight is 540 g/mol. The molecule has 0 spiro atoms. The molecule has 0 aliphatic carbocycles. The van der Waals surface area contributed by atoms with Crippen molar-refractivity contribution in [3.8, 4) is 28.0 Å². The van der Waals surface area contributed by atoms with Gasteiger partial charge in [-0.2, -0.15) is 8.78 Å². The Kier molecular flexibility index (Phi) is 7.44. The molecule has 4 aromatic rings. The summed E-state index contributed by atoms with van der Waals surface area (Å²) < 4.78 is 132. The SMILES string of the molecule is CCCc1ccc(C(F)(F)Oc2ccc(-c3ccc(-c4cc(F)c(F)c(F)c4)c(F)c3)c(F)c2)c(F)c1F. The highest BCUT2D eigenvalue weighted by Gasteiger charge is 2.39. The summed E-state index contributed by atoms with van der Waals surface area (Å²) in [4.78, 5) is 0. The fraction of sp³-hybridized carbons (Fsp3) is 0.143. The van der Waals surface area contributed by atoms with Crippen LogP contribution in [0.5, 0.6) is 5.75 Å². The Balaban J connectivity index is 1.60. The van der Waals surface area contributed by atoms with Crippen molar-refractivity contribution in [3.05, 3.63) is 113 Å². The monoisotopic (exact) mass is 540 g/mol. The van der Waals surface area contributed by atoms with Crippen LogP contribution in [0.4, 0.5) is 39.5 Å². The lowest BCUT2D eigenvalue weighted by Gasteiger charge is -2.20. The van der Waals surface area contributed by atoms with Crippen LogP contribution in [0.15, 0.2) is 60.7 Å². The van der Waals surface area contributed by atoms with Gasteiger partial charge in [-0.15, -0.1) is 0 Å². The molecule has 0 N–H and O–H groups in total. The highest BCUT2D eigenvalue weighted by molar-refractivity contribution is 5.72. The molecular weight excluding hydrogens is 523 g/mol. The van der Waals surface area contributed by atoms with Crippen molar-refractivity contribution in [1.82, 2.24) is 0 Å². The summed E-state index contributed by atoms with van der Waals surface area (Å²) in [5.74, 6) is -10.8. The minimum absolute atomic E-state index is 0.0651. The molecule has 0 saturated heterocycles. The molecule has 10 heteroatoms. The number of aryl methyl sites for hydroxylation is 1. The summed E-state index contributed by atoms with van der Waals surface area (Å²) in [5, 5.41) is 0. The van der Waals surface area contributed by atoms with E-state index in [-0.39, 0.29) is 34.2 Å². The van der Waals surface area contributed by atoms with Crippen molar-refractivity contribution in [2.24, 2.45) is 0 Å². The average Bonchev–Trinajstić information content (AvgIpc) is 2.85. The summed E-state index contributed by atoms with van der Waals surface area (Å²) in [6, 6.07) is 8.47. The van der Waals surface area contributed by atoms with E-state index in [1.165, 1.54) is 6.07 Å². The zero-order chi connectivity index (χ0) is 27.8. The van der Waals surface area contributed by atoms with Gasteiger partial charge in [0.2, 0.25) is 0 Å². The number of halogens is 9. The van der Waals surface area contributed by atoms with Gasteiger partial charge in [-0.1, -0.05) is 31.5 Å². The topological polar surface area (TPSA) is 9.23 Å². The van der Waals surface area contributed by atoms with Crippen LogP contribution in [0.25, 0.3) is 22.3 Å². The molecule has 0 amide bonds. The second-order valence-corrected chi connectivity index (χ2v) is 8.36. The van der Waals surface area contributed by atoms with Gasteiger partial charge in [-0.05, 0) is 59.5 Å². The van der Waals surface area contributed by atoms with E-state index in [0.717, 1.165) is 30.3 Å². The van der Waals surface area contributed by atoms with Crippen molar-refractivity contribution in [2.45, 2.75) is 25.9 Å². The predicted molar refractivity (Wildman–Crippen MR) is 122 cm³/mol. The van der Waals surface area contributed by atoms with Crippen LogP contribution in [0.1, 0.15) is 24.5 Å². The Bertz CT molecular complexity index is 1490. The molecule has 4 aromatic carbocycles. The Labute approximate surface area is 211 Å². The Morgan fingerprint density at radius 2 is 1.18 bits per heavy atom. The fourth-order valence-corrected chi connectivity index (χ4v) is 3.90. The molecule has 0 aromatic heterocycles. The first-order valence-corrected chi connectivity index (χ1v) is 11.2. The minimum Gasteiger partial charge on any atom is -0.429 e. The van der Waals surface area contributed by atoms with Gasteiger partial charge in [0.15, 0.2) is 29.1 Å².